The SMILES string of the molecule is CC1(C)Oc2nccc(N)c2N=C1c1ccc([C@H]2CCCC(c3ccc(Cl)cc3[P+](=O)O)C2)cc1. The Balaban J connectivity index is 1.41. The highest BCUT2D eigenvalue weighted by Crippen LogP contribution is 2.43. The number of fused-ring (bicyclic) bond motifs is 1. The van der Waals surface area contributed by atoms with E-state index in [1.807, 2.05) is 26.0 Å². The van der Waals surface area contributed by atoms with Crippen molar-refractivity contribution < 1.29 is 14.2 Å². The normalized spacial score (nSPS) is 21.5. The summed E-state index contributed by atoms with van der Waals surface area (Å²) in [5.74, 6) is 1.06. The molecule has 1 aliphatic carbocycles. The molecule has 3 N–H and O–H groups in total. The lowest BCUT2D eigenvalue weighted by Gasteiger charge is -2.33. The minimum absolute atomic E-state index is 0.230. The molecule has 1 saturated carbocycles. The molecule has 0 spiro atoms. The Morgan fingerprint density at radius 3 is 2.60 bits per heavy atom. The van der Waals surface area contributed by atoms with Gasteiger partial charge in [-0.25, -0.2) is 9.98 Å². The Morgan fingerprint density at radius 2 is 1.86 bits per heavy atom. The van der Waals surface area contributed by atoms with Gasteiger partial charge in [0.2, 0.25) is 11.2 Å². The van der Waals surface area contributed by atoms with Crippen molar-refractivity contribution in [2.45, 2.75) is 57.0 Å². The molecule has 3 atom stereocenters. The van der Waals surface area contributed by atoms with Crippen LogP contribution in [0.25, 0.3) is 0 Å². The molecule has 1 fully saturated rings. The van der Waals surface area contributed by atoms with Crippen molar-refractivity contribution in [3.63, 3.8) is 0 Å². The van der Waals surface area contributed by atoms with E-state index in [0.717, 1.165) is 42.5 Å². The maximum atomic E-state index is 12.0. The van der Waals surface area contributed by atoms with Crippen molar-refractivity contribution in [3.05, 3.63) is 76.4 Å². The predicted molar refractivity (Wildman–Crippen MR) is 141 cm³/mol. The van der Waals surface area contributed by atoms with Gasteiger partial charge in [-0.05, 0) is 67.2 Å². The summed E-state index contributed by atoms with van der Waals surface area (Å²) in [4.78, 5) is 19.0. The molecule has 2 aliphatic rings. The molecule has 2 unspecified atom stereocenters. The summed E-state index contributed by atoms with van der Waals surface area (Å²) in [5.41, 5.74) is 10.6. The average Bonchev–Trinajstić information content (AvgIpc) is 2.83. The molecule has 0 saturated heterocycles. The highest BCUT2D eigenvalue weighted by Gasteiger charge is 2.35. The maximum absolute atomic E-state index is 12.0. The highest BCUT2D eigenvalue weighted by molar-refractivity contribution is 7.47. The quantitative estimate of drug-likeness (QED) is 0.397. The van der Waals surface area contributed by atoms with Gasteiger partial charge >= 0.3 is 8.03 Å². The van der Waals surface area contributed by atoms with Crippen molar-refractivity contribution in [2.24, 2.45) is 4.99 Å². The van der Waals surface area contributed by atoms with Crippen LogP contribution in [0.3, 0.4) is 0 Å². The summed E-state index contributed by atoms with van der Waals surface area (Å²) in [6.07, 6.45) is 5.72. The third-order valence-electron chi connectivity index (χ3n) is 7.04. The number of ether oxygens (including phenoxy) is 1. The van der Waals surface area contributed by atoms with E-state index in [9.17, 15) is 9.46 Å². The fraction of sp³-hybridized carbons (Fsp3) is 0.333. The molecule has 3 aromatic rings. The van der Waals surface area contributed by atoms with E-state index >= 15 is 0 Å². The second-order valence-electron chi connectivity index (χ2n) is 9.79. The Hall–Kier alpha value is -2.79. The Labute approximate surface area is 211 Å². The smallest absolute Gasteiger partial charge is 0.463 e. The third-order valence-corrected chi connectivity index (χ3v) is 8.07. The molecule has 8 heteroatoms. The van der Waals surface area contributed by atoms with Gasteiger partial charge in [-0.3, -0.25) is 0 Å². The molecule has 2 heterocycles. The number of anilines is 1. The number of hydrogen-bond donors (Lipinski definition) is 2. The number of rotatable bonds is 4. The van der Waals surface area contributed by atoms with Crippen LogP contribution in [0.1, 0.15) is 68.1 Å². The number of nitrogens with two attached hydrogens (primary N) is 1. The van der Waals surface area contributed by atoms with Crippen LogP contribution >= 0.6 is 19.6 Å². The lowest BCUT2D eigenvalue weighted by atomic mass is 9.75. The first-order valence-electron chi connectivity index (χ1n) is 11.8. The minimum Gasteiger partial charge on any atom is -0.463 e. The van der Waals surface area contributed by atoms with Crippen LogP contribution in [0.5, 0.6) is 5.88 Å². The molecule has 180 valence electrons. The Bertz CT molecular complexity index is 1320. The molecule has 35 heavy (non-hydrogen) atoms. The van der Waals surface area contributed by atoms with Crippen LogP contribution in [-0.4, -0.2) is 21.2 Å². The van der Waals surface area contributed by atoms with Crippen LogP contribution in [0.4, 0.5) is 11.4 Å². The second kappa shape index (κ2) is 9.34. The number of pyridine rings is 1. The number of hydrogen-bond acceptors (Lipinski definition) is 5. The van der Waals surface area contributed by atoms with Crippen molar-refractivity contribution in [3.8, 4) is 5.88 Å². The Kier molecular flexibility index (Phi) is 6.39. The molecule has 2 aromatic carbocycles. The number of benzene rings is 2. The average molecular weight is 509 g/mol. The zero-order valence-electron chi connectivity index (χ0n) is 19.7. The molecular formula is C27H28ClN3O3P+. The predicted octanol–water partition coefficient (Wildman–Crippen LogP) is 6.41. The first-order valence-corrected chi connectivity index (χ1v) is 13.4. The molecule has 0 radical (unpaired) electrons. The van der Waals surface area contributed by atoms with Crippen LogP contribution in [0.15, 0.2) is 59.7 Å². The van der Waals surface area contributed by atoms with Gasteiger partial charge in [0.25, 0.3) is 0 Å². The lowest BCUT2D eigenvalue weighted by molar-refractivity contribution is 0.171. The van der Waals surface area contributed by atoms with Crippen LogP contribution in [0, 0.1) is 0 Å². The summed E-state index contributed by atoms with van der Waals surface area (Å²) in [6.45, 7) is 3.96. The number of aromatic nitrogens is 1. The minimum atomic E-state index is -2.44. The standard InChI is InChI=1S/C27H27ClN3O3P/c1-27(2)25(31-24-22(29)12-13-30-26(24)34-27)17-8-6-16(7-9-17)18-4-3-5-19(14-18)21-11-10-20(28)15-23(21)35(32)33/h6-13,15,18-19H,3-5,14H2,1-2H3,(H2-,29,30,32,33)/p+1/t18-,19?/m0/s1. The monoisotopic (exact) mass is 508 g/mol. The summed E-state index contributed by atoms with van der Waals surface area (Å²) >= 11 is 6.09. The van der Waals surface area contributed by atoms with E-state index in [0.29, 0.717) is 33.5 Å². The topological polar surface area (TPSA) is 97.8 Å². The van der Waals surface area contributed by atoms with E-state index in [2.05, 4.69) is 29.2 Å². The summed E-state index contributed by atoms with van der Waals surface area (Å²) < 4.78 is 18.1. The van der Waals surface area contributed by atoms with Crippen molar-refractivity contribution in [1.29, 1.82) is 0 Å². The van der Waals surface area contributed by atoms with Crippen molar-refractivity contribution in [2.75, 3.05) is 5.73 Å². The molecule has 0 bridgehead atoms. The van der Waals surface area contributed by atoms with Crippen LogP contribution in [0.2, 0.25) is 5.02 Å². The lowest BCUT2D eigenvalue weighted by Crippen LogP contribution is -2.41. The van der Waals surface area contributed by atoms with Gasteiger partial charge in [-0.15, -0.1) is 0 Å². The number of nitrogens with zero attached hydrogens (tertiary/aromatic N) is 2. The molecule has 1 aliphatic heterocycles. The highest BCUT2D eigenvalue weighted by atomic mass is 35.5. The van der Waals surface area contributed by atoms with Crippen molar-refractivity contribution in [1.82, 2.24) is 4.98 Å². The van der Waals surface area contributed by atoms with Crippen LogP contribution < -0.4 is 15.8 Å². The van der Waals surface area contributed by atoms with Crippen molar-refractivity contribution >= 4 is 42.0 Å². The van der Waals surface area contributed by atoms with Gasteiger partial charge < -0.3 is 10.5 Å². The molecular weight excluding hydrogens is 481 g/mol. The van der Waals surface area contributed by atoms with E-state index < -0.39 is 13.6 Å². The van der Waals surface area contributed by atoms with E-state index in [-0.39, 0.29) is 5.92 Å². The van der Waals surface area contributed by atoms with E-state index in [1.54, 1.807) is 18.3 Å². The summed E-state index contributed by atoms with van der Waals surface area (Å²) in [6, 6.07) is 15.6. The van der Waals surface area contributed by atoms with E-state index in [4.69, 9.17) is 27.1 Å². The first-order chi connectivity index (χ1) is 16.7. The summed E-state index contributed by atoms with van der Waals surface area (Å²) in [7, 11) is -2.44. The summed E-state index contributed by atoms with van der Waals surface area (Å²) in [5, 5.41) is 0.946. The third kappa shape index (κ3) is 4.71. The maximum Gasteiger partial charge on any atom is 0.546 e. The number of halogens is 1. The molecule has 6 nitrogen and oxygen atoms in total. The number of nitrogen functional groups attached to an aromatic ring is 1. The second-order valence-corrected chi connectivity index (χ2v) is 11.2. The largest absolute Gasteiger partial charge is 0.546 e. The van der Waals surface area contributed by atoms with Gasteiger partial charge in [0.15, 0.2) is 0 Å². The fourth-order valence-corrected chi connectivity index (χ4v) is 6.28. The van der Waals surface area contributed by atoms with Gasteiger partial charge in [0.1, 0.15) is 11.3 Å². The fourth-order valence-electron chi connectivity index (χ4n) is 5.30. The van der Waals surface area contributed by atoms with E-state index in [1.165, 1.54) is 5.56 Å². The molecule has 0 amide bonds. The van der Waals surface area contributed by atoms with Gasteiger partial charge in [-0.1, -0.05) is 48.4 Å². The van der Waals surface area contributed by atoms with Gasteiger partial charge in [0, 0.05) is 28.4 Å². The molecule has 5 rings (SSSR count). The zero-order chi connectivity index (χ0) is 24.7. The molecule has 1 aromatic heterocycles. The zero-order valence-corrected chi connectivity index (χ0v) is 21.4. The number of aliphatic imine (C=N–C) groups is 1. The Morgan fingerprint density at radius 1 is 1.11 bits per heavy atom. The van der Waals surface area contributed by atoms with Gasteiger partial charge in [0.05, 0.1) is 11.4 Å². The van der Waals surface area contributed by atoms with Crippen LogP contribution in [-0.2, 0) is 4.57 Å². The first kappa shape index (κ1) is 23.9. The van der Waals surface area contributed by atoms with Gasteiger partial charge in [-0.2, -0.15) is 4.89 Å².